The number of carboxylic acid groups (broad SMARTS) is 1. The molecule has 6 heteroatoms. The number of anilines is 1. The van der Waals surface area contributed by atoms with E-state index in [4.69, 9.17) is 5.11 Å². The van der Waals surface area contributed by atoms with Crippen LogP contribution >= 0.6 is 0 Å². The molecule has 0 aliphatic heterocycles. The standard InChI is InChI=1S/C14H11NO5/c16-12(17)7-9-1-4-11(5-2-9)15-14(19)10-3-6-13(18)20-8-10/h1-6,8H,7H2,(H,15,19)(H,16,17). The summed E-state index contributed by atoms with van der Waals surface area (Å²) in [7, 11) is 0. The highest BCUT2D eigenvalue weighted by atomic mass is 16.4. The second kappa shape index (κ2) is 5.83. The highest BCUT2D eigenvalue weighted by molar-refractivity contribution is 6.03. The van der Waals surface area contributed by atoms with Crippen LogP contribution < -0.4 is 10.9 Å². The molecule has 0 aliphatic carbocycles. The zero-order chi connectivity index (χ0) is 14.5. The first-order valence-corrected chi connectivity index (χ1v) is 5.75. The lowest BCUT2D eigenvalue weighted by molar-refractivity contribution is -0.136. The molecule has 2 rings (SSSR count). The number of carboxylic acids is 1. The number of nitrogens with one attached hydrogen (secondary N) is 1. The van der Waals surface area contributed by atoms with Gasteiger partial charge >= 0.3 is 11.6 Å². The maximum atomic E-state index is 11.8. The highest BCUT2D eigenvalue weighted by Gasteiger charge is 2.07. The molecule has 0 saturated heterocycles. The quantitative estimate of drug-likeness (QED) is 0.880. The second-order valence-corrected chi connectivity index (χ2v) is 4.06. The van der Waals surface area contributed by atoms with Crippen LogP contribution in [0, 0.1) is 0 Å². The van der Waals surface area contributed by atoms with Crippen LogP contribution in [0.15, 0.2) is 51.9 Å². The van der Waals surface area contributed by atoms with E-state index in [1.807, 2.05) is 0 Å². The summed E-state index contributed by atoms with van der Waals surface area (Å²) in [4.78, 5) is 33.1. The number of carbonyl (C=O) groups excluding carboxylic acids is 1. The van der Waals surface area contributed by atoms with E-state index in [1.165, 1.54) is 6.07 Å². The maximum absolute atomic E-state index is 11.8. The second-order valence-electron chi connectivity index (χ2n) is 4.06. The fraction of sp³-hybridized carbons (Fsp3) is 0.0714. The van der Waals surface area contributed by atoms with E-state index in [-0.39, 0.29) is 12.0 Å². The van der Waals surface area contributed by atoms with E-state index in [0.29, 0.717) is 11.3 Å². The number of amides is 1. The number of benzene rings is 1. The van der Waals surface area contributed by atoms with Crippen LogP contribution in [0.5, 0.6) is 0 Å². The van der Waals surface area contributed by atoms with Crippen LogP contribution in [-0.4, -0.2) is 17.0 Å². The number of hydrogen-bond acceptors (Lipinski definition) is 4. The summed E-state index contributed by atoms with van der Waals surface area (Å²) in [6, 6.07) is 8.97. The van der Waals surface area contributed by atoms with Gasteiger partial charge in [-0.1, -0.05) is 12.1 Å². The zero-order valence-electron chi connectivity index (χ0n) is 10.3. The van der Waals surface area contributed by atoms with E-state index in [0.717, 1.165) is 12.3 Å². The molecule has 6 nitrogen and oxygen atoms in total. The molecule has 0 radical (unpaired) electrons. The minimum atomic E-state index is -0.916. The van der Waals surface area contributed by atoms with E-state index in [9.17, 15) is 14.4 Å². The Morgan fingerprint density at radius 3 is 2.35 bits per heavy atom. The molecule has 2 aromatic rings. The van der Waals surface area contributed by atoms with Crippen molar-refractivity contribution in [3.8, 4) is 0 Å². The van der Waals surface area contributed by atoms with Gasteiger partial charge in [0.15, 0.2) is 0 Å². The number of hydrogen-bond donors (Lipinski definition) is 2. The Morgan fingerprint density at radius 2 is 1.80 bits per heavy atom. The first-order valence-electron chi connectivity index (χ1n) is 5.75. The normalized spacial score (nSPS) is 10.0. The van der Waals surface area contributed by atoms with Crippen molar-refractivity contribution < 1.29 is 19.1 Å². The molecule has 20 heavy (non-hydrogen) atoms. The molecule has 2 N–H and O–H groups in total. The van der Waals surface area contributed by atoms with Gasteiger partial charge in [-0.05, 0) is 23.8 Å². The molecule has 102 valence electrons. The molecular formula is C14H11NO5. The highest BCUT2D eigenvalue weighted by Crippen LogP contribution is 2.11. The summed E-state index contributed by atoms with van der Waals surface area (Å²) in [5.74, 6) is -1.33. The van der Waals surface area contributed by atoms with Gasteiger partial charge < -0.3 is 14.8 Å². The third kappa shape index (κ3) is 3.55. The fourth-order valence-electron chi connectivity index (χ4n) is 1.57. The lowest BCUT2D eigenvalue weighted by atomic mass is 10.1. The molecule has 0 spiro atoms. The SMILES string of the molecule is O=C(O)Cc1ccc(NC(=O)c2ccc(=O)oc2)cc1. The Balaban J connectivity index is 2.06. The van der Waals surface area contributed by atoms with Gasteiger partial charge in [0.05, 0.1) is 12.0 Å². The molecule has 0 saturated carbocycles. The molecule has 0 aliphatic rings. The average molecular weight is 273 g/mol. The predicted molar refractivity (Wildman–Crippen MR) is 70.7 cm³/mol. The molecule has 1 amide bonds. The van der Waals surface area contributed by atoms with Gasteiger partial charge in [0.1, 0.15) is 6.26 Å². The van der Waals surface area contributed by atoms with Crippen molar-refractivity contribution in [2.75, 3.05) is 5.32 Å². The summed E-state index contributed by atoms with van der Waals surface area (Å²) in [6.07, 6.45) is 1.01. The fourth-order valence-corrected chi connectivity index (χ4v) is 1.57. The molecule has 1 heterocycles. The third-order valence-electron chi connectivity index (χ3n) is 2.53. The van der Waals surface area contributed by atoms with Crippen LogP contribution in [0.3, 0.4) is 0 Å². The largest absolute Gasteiger partial charge is 0.481 e. The molecule has 0 atom stereocenters. The Bertz CT molecular complexity index is 667. The topological polar surface area (TPSA) is 96.6 Å². The van der Waals surface area contributed by atoms with E-state index in [1.54, 1.807) is 24.3 Å². The minimum Gasteiger partial charge on any atom is -0.481 e. The van der Waals surface area contributed by atoms with Crippen molar-refractivity contribution >= 4 is 17.6 Å². The Labute approximate surface area is 113 Å². The first-order chi connectivity index (χ1) is 9.54. The van der Waals surface area contributed by atoms with Gasteiger partial charge in [0.2, 0.25) is 0 Å². The van der Waals surface area contributed by atoms with Gasteiger partial charge in [-0.25, -0.2) is 4.79 Å². The number of rotatable bonds is 4. The van der Waals surface area contributed by atoms with E-state index in [2.05, 4.69) is 9.73 Å². The Kier molecular flexibility index (Phi) is 3.95. The molecule has 0 unspecified atom stereocenters. The molecule has 1 aromatic carbocycles. The van der Waals surface area contributed by atoms with E-state index < -0.39 is 17.5 Å². The first kappa shape index (κ1) is 13.5. The molecule has 0 fully saturated rings. The monoisotopic (exact) mass is 273 g/mol. The predicted octanol–water partition coefficient (Wildman–Crippen LogP) is 1.52. The lowest BCUT2D eigenvalue weighted by Gasteiger charge is -2.05. The summed E-state index contributed by atoms with van der Waals surface area (Å²) in [6.45, 7) is 0. The van der Waals surface area contributed by atoms with Gasteiger partial charge in [-0.2, -0.15) is 0 Å². The van der Waals surface area contributed by atoms with Crippen LogP contribution in [0.2, 0.25) is 0 Å². The van der Waals surface area contributed by atoms with Gasteiger partial charge in [-0.3, -0.25) is 9.59 Å². The number of aliphatic carboxylic acids is 1. The summed E-state index contributed by atoms with van der Waals surface area (Å²) in [5.41, 5.74) is 0.857. The Morgan fingerprint density at radius 1 is 1.10 bits per heavy atom. The van der Waals surface area contributed by atoms with Gasteiger partial charge in [-0.15, -0.1) is 0 Å². The van der Waals surface area contributed by atoms with Crippen LogP contribution in [0.1, 0.15) is 15.9 Å². The molecular weight excluding hydrogens is 262 g/mol. The Hall–Kier alpha value is -2.89. The lowest BCUT2D eigenvalue weighted by Crippen LogP contribution is -2.13. The molecule has 0 bridgehead atoms. The van der Waals surface area contributed by atoms with Crippen molar-refractivity contribution in [2.24, 2.45) is 0 Å². The van der Waals surface area contributed by atoms with Crippen LogP contribution in [0.25, 0.3) is 0 Å². The van der Waals surface area contributed by atoms with Crippen molar-refractivity contribution in [3.05, 3.63) is 64.2 Å². The van der Waals surface area contributed by atoms with Crippen LogP contribution in [-0.2, 0) is 11.2 Å². The molecule has 1 aromatic heterocycles. The van der Waals surface area contributed by atoms with Crippen molar-refractivity contribution in [1.82, 2.24) is 0 Å². The van der Waals surface area contributed by atoms with Crippen molar-refractivity contribution in [1.29, 1.82) is 0 Å². The third-order valence-corrected chi connectivity index (χ3v) is 2.53. The smallest absolute Gasteiger partial charge is 0.335 e. The van der Waals surface area contributed by atoms with E-state index >= 15 is 0 Å². The number of carbonyl (C=O) groups is 2. The van der Waals surface area contributed by atoms with Gasteiger partial charge in [0.25, 0.3) is 5.91 Å². The van der Waals surface area contributed by atoms with Crippen molar-refractivity contribution in [3.63, 3.8) is 0 Å². The van der Waals surface area contributed by atoms with Crippen LogP contribution in [0.4, 0.5) is 5.69 Å². The zero-order valence-corrected chi connectivity index (χ0v) is 10.3. The van der Waals surface area contributed by atoms with Crippen molar-refractivity contribution in [2.45, 2.75) is 6.42 Å². The van der Waals surface area contributed by atoms with Gasteiger partial charge in [0, 0.05) is 11.8 Å². The maximum Gasteiger partial charge on any atom is 0.335 e. The minimum absolute atomic E-state index is 0.0714. The summed E-state index contributed by atoms with van der Waals surface area (Å²) >= 11 is 0. The summed E-state index contributed by atoms with van der Waals surface area (Å²) in [5, 5.41) is 11.3. The average Bonchev–Trinajstić information content (AvgIpc) is 2.41. The summed E-state index contributed by atoms with van der Waals surface area (Å²) < 4.78 is 4.60.